The summed E-state index contributed by atoms with van der Waals surface area (Å²) in [7, 11) is 4.20. The first-order valence-electron chi connectivity index (χ1n) is 7.85. The molecule has 0 aromatic carbocycles. The molecule has 2 heterocycles. The number of amides is 1. The molecule has 5 nitrogen and oxygen atoms in total. The van der Waals surface area contributed by atoms with Crippen molar-refractivity contribution in [2.45, 2.75) is 37.6 Å². The highest BCUT2D eigenvalue weighted by atomic mass is 35.5. The summed E-state index contributed by atoms with van der Waals surface area (Å²) in [5, 5.41) is 6.49. The number of hydrogen-bond donors (Lipinski definition) is 2. The van der Waals surface area contributed by atoms with E-state index < -0.39 is 0 Å². The van der Waals surface area contributed by atoms with E-state index >= 15 is 0 Å². The fraction of sp³-hybridized carbons (Fsp3) is 0.933. The van der Waals surface area contributed by atoms with Crippen molar-refractivity contribution in [2.24, 2.45) is 5.92 Å². The number of halogens is 2. The second kappa shape index (κ2) is 10.7. The maximum absolute atomic E-state index is 12.0. The number of nitrogens with zero attached hydrogens (tertiary/aromatic N) is 1. The summed E-state index contributed by atoms with van der Waals surface area (Å²) in [6.45, 7) is 4.51. The third-order valence-corrected chi connectivity index (χ3v) is 4.93. The molecule has 0 aromatic heterocycles. The molecule has 0 spiro atoms. The molecule has 1 amide bonds. The molecule has 2 N–H and O–H groups in total. The van der Waals surface area contributed by atoms with Crippen LogP contribution in [0.4, 0.5) is 0 Å². The lowest BCUT2D eigenvalue weighted by molar-refractivity contribution is -0.122. The van der Waals surface area contributed by atoms with Crippen molar-refractivity contribution in [3.8, 4) is 0 Å². The van der Waals surface area contributed by atoms with Crippen LogP contribution >= 0.6 is 24.8 Å². The normalized spacial score (nSPS) is 23.5. The van der Waals surface area contributed by atoms with Gasteiger partial charge >= 0.3 is 0 Å². The lowest BCUT2D eigenvalue weighted by Crippen LogP contribution is -2.55. The van der Waals surface area contributed by atoms with Crippen molar-refractivity contribution in [3.63, 3.8) is 0 Å². The van der Waals surface area contributed by atoms with Gasteiger partial charge in [0.2, 0.25) is 5.91 Å². The van der Waals surface area contributed by atoms with E-state index in [9.17, 15) is 4.79 Å². The summed E-state index contributed by atoms with van der Waals surface area (Å²) in [5.41, 5.74) is 0.0722. The molecule has 2 saturated heterocycles. The standard InChI is InChI=1S/C15H29N3O2.2ClH/c1-18(2)15(6-9-20-10-7-15)12-17-14(19)4-3-13-5-8-16-11-13;;/h13,16H,3-12H2,1-2H3,(H,17,19);2*1H. The maximum atomic E-state index is 12.0. The Balaban J connectivity index is 0.00000220. The Bertz CT molecular complexity index is 318. The van der Waals surface area contributed by atoms with Gasteiger partial charge in [0.05, 0.1) is 0 Å². The van der Waals surface area contributed by atoms with Crippen molar-refractivity contribution < 1.29 is 9.53 Å². The second-order valence-corrected chi connectivity index (χ2v) is 6.41. The Hall–Kier alpha value is -0.0700. The summed E-state index contributed by atoms with van der Waals surface area (Å²) in [4.78, 5) is 14.3. The number of rotatable bonds is 6. The Morgan fingerprint density at radius 2 is 2.00 bits per heavy atom. The molecule has 0 saturated carbocycles. The largest absolute Gasteiger partial charge is 0.381 e. The topological polar surface area (TPSA) is 53.6 Å². The molecule has 0 radical (unpaired) electrons. The molecule has 0 aromatic rings. The van der Waals surface area contributed by atoms with E-state index in [4.69, 9.17) is 4.74 Å². The fourth-order valence-electron chi connectivity index (χ4n) is 3.18. The lowest BCUT2D eigenvalue weighted by Gasteiger charge is -2.42. The highest BCUT2D eigenvalue weighted by molar-refractivity contribution is 5.85. The molecule has 2 aliphatic rings. The molecular weight excluding hydrogens is 325 g/mol. The maximum Gasteiger partial charge on any atom is 0.220 e. The predicted molar refractivity (Wildman–Crippen MR) is 94.2 cm³/mol. The molecule has 132 valence electrons. The molecule has 1 unspecified atom stereocenters. The van der Waals surface area contributed by atoms with Gasteiger partial charge < -0.3 is 20.3 Å². The number of hydrogen-bond acceptors (Lipinski definition) is 4. The van der Waals surface area contributed by atoms with Crippen LogP contribution < -0.4 is 10.6 Å². The van der Waals surface area contributed by atoms with Crippen LogP contribution in [0.15, 0.2) is 0 Å². The van der Waals surface area contributed by atoms with Gasteiger partial charge in [-0.15, -0.1) is 24.8 Å². The van der Waals surface area contributed by atoms with Crippen molar-refractivity contribution in [1.82, 2.24) is 15.5 Å². The first-order valence-corrected chi connectivity index (χ1v) is 7.85. The summed E-state index contributed by atoms with van der Waals surface area (Å²) in [5.74, 6) is 0.885. The van der Waals surface area contributed by atoms with Crippen LogP contribution in [0.1, 0.15) is 32.1 Å². The van der Waals surface area contributed by atoms with Crippen LogP contribution in [-0.2, 0) is 9.53 Å². The third-order valence-electron chi connectivity index (χ3n) is 4.93. The Labute approximate surface area is 146 Å². The van der Waals surface area contributed by atoms with Crippen molar-refractivity contribution in [2.75, 3.05) is 46.9 Å². The number of ether oxygens (including phenoxy) is 1. The summed E-state index contributed by atoms with van der Waals surface area (Å²) < 4.78 is 5.45. The molecule has 2 fully saturated rings. The van der Waals surface area contributed by atoms with E-state index in [-0.39, 0.29) is 36.3 Å². The quantitative estimate of drug-likeness (QED) is 0.756. The van der Waals surface area contributed by atoms with E-state index in [2.05, 4.69) is 29.6 Å². The van der Waals surface area contributed by atoms with Crippen LogP contribution in [0.5, 0.6) is 0 Å². The van der Waals surface area contributed by atoms with E-state index in [0.29, 0.717) is 12.3 Å². The van der Waals surface area contributed by atoms with Gasteiger partial charge in [-0.05, 0) is 58.8 Å². The SMILES string of the molecule is CN(C)C1(CNC(=O)CCC2CCNC2)CCOCC1.Cl.Cl. The van der Waals surface area contributed by atoms with Crippen LogP contribution in [-0.4, -0.2) is 63.3 Å². The first kappa shape index (κ1) is 21.9. The van der Waals surface area contributed by atoms with Gasteiger partial charge in [0.15, 0.2) is 0 Å². The number of nitrogens with one attached hydrogen (secondary N) is 2. The van der Waals surface area contributed by atoms with Gasteiger partial charge in [-0.3, -0.25) is 4.79 Å². The van der Waals surface area contributed by atoms with Crippen LogP contribution in [0.2, 0.25) is 0 Å². The Morgan fingerprint density at radius 3 is 2.55 bits per heavy atom. The zero-order chi connectivity index (χ0) is 14.4. The lowest BCUT2D eigenvalue weighted by atomic mass is 9.88. The highest BCUT2D eigenvalue weighted by Gasteiger charge is 2.35. The summed E-state index contributed by atoms with van der Waals surface area (Å²) in [6.07, 6.45) is 4.87. The number of carbonyl (C=O) groups excluding carboxylic acids is 1. The van der Waals surface area contributed by atoms with Crippen LogP contribution in [0, 0.1) is 5.92 Å². The van der Waals surface area contributed by atoms with E-state index in [1.54, 1.807) is 0 Å². The van der Waals surface area contributed by atoms with Gasteiger partial charge in [0, 0.05) is 31.7 Å². The number of carbonyl (C=O) groups is 1. The average molecular weight is 356 g/mol. The molecule has 7 heteroatoms. The minimum atomic E-state index is 0. The van der Waals surface area contributed by atoms with E-state index in [1.807, 2.05) is 0 Å². The molecule has 0 aliphatic carbocycles. The van der Waals surface area contributed by atoms with Gasteiger partial charge in [0.25, 0.3) is 0 Å². The number of likely N-dealkylation sites (N-methyl/N-ethyl adjacent to an activating group) is 1. The molecule has 22 heavy (non-hydrogen) atoms. The predicted octanol–water partition coefficient (Wildman–Crippen LogP) is 1.45. The highest BCUT2D eigenvalue weighted by Crippen LogP contribution is 2.25. The molecule has 0 bridgehead atoms. The molecular formula is C15H31Cl2N3O2. The molecule has 1 atom stereocenters. The van der Waals surface area contributed by atoms with E-state index in [1.165, 1.54) is 6.42 Å². The van der Waals surface area contributed by atoms with Crippen molar-refractivity contribution in [1.29, 1.82) is 0 Å². The average Bonchev–Trinajstić information content (AvgIpc) is 2.97. The zero-order valence-electron chi connectivity index (χ0n) is 13.7. The minimum Gasteiger partial charge on any atom is -0.381 e. The fourth-order valence-corrected chi connectivity index (χ4v) is 3.18. The van der Waals surface area contributed by atoms with Gasteiger partial charge in [0.1, 0.15) is 0 Å². The van der Waals surface area contributed by atoms with Crippen LogP contribution in [0.25, 0.3) is 0 Å². The van der Waals surface area contributed by atoms with Crippen molar-refractivity contribution >= 4 is 30.7 Å². The second-order valence-electron chi connectivity index (χ2n) is 6.41. The Kier molecular flexibility index (Phi) is 10.6. The van der Waals surface area contributed by atoms with Crippen LogP contribution in [0.3, 0.4) is 0 Å². The van der Waals surface area contributed by atoms with Gasteiger partial charge in [-0.2, -0.15) is 0 Å². The van der Waals surface area contributed by atoms with Crippen molar-refractivity contribution in [3.05, 3.63) is 0 Å². The summed E-state index contributed by atoms with van der Waals surface area (Å²) in [6, 6.07) is 0. The first-order chi connectivity index (χ1) is 9.62. The van der Waals surface area contributed by atoms with E-state index in [0.717, 1.165) is 52.1 Å². The molecule has 2 rings (SSSR count). The van der Waals surface area contributed by atoms with Gasteiger partial charge in [-0.1, -0.05) is 0 Å². The zero-order valence-corrected chi connectivity index (χ0v) is 15.4. The minimum absolute atomic E-state index is 0. The smallest absolute Gasteiger partial charge is 0.220 e. The monoisotopic (exact) mass is 355 g/mol. The third kappa shape index (κ3) is 6.20. The van der Waals surface area contributed by atoms with Gasteiger partial charge in [-0.25, -0.2) is 0 Å². The summed E-state index contributed by atoms with van der Waals surface area (Å²) >= 11 is 0. The molecule has 2 aliphatic heterocycles. The Morgan fingerprint density at radius 1 is 1.32 bits per heavy atom.